The number of rotatable bonds is 8. The number of nitro groups is 1. The summed E-state index contributed by atoms with van der Waals surface area (Å²) in [7, 11) is -3.76. The Morgan fingerprint density at radius 3 is 2.76 bits per heavy atom. The maximum atomic E-state index is 13.0. The number of nitro benzene ring substituents is 1. The molecule has 0 amide bonds. The monoisotopic (exact) mass is 486 g/mol. The molecule has 1 unspecified atom stereocenters. The molecule has 10 nitrogen and oxygen atoms in total. The molecule has 182 valence electrons. The molecule has 1 aromatic carbocycles. The number of anilines is 1. The smallest absolute Gasteiger partial charge is 0.293 e. The Balaban J connectivity index is 1.43. The van der Waals surface area contributed by atoms with Gasteiger partial charge in [0, 0.05) is 43.2 Å². The Bertz CT molecular complexity index is 1320. The molecule has 0 bridgehead atoms. The van der Waals surface area contributed by atoms with Crippen molar-refractivity contribution in [3.63, 3.8) is 0 Å². The zero-order chi connectivity index (χ0) is 24.5. The first kappa shape index (κ1) is 24.1. The lowest BCUT2D eigenvalue weighted by Crippen LogP contribution is -2.39. The molecule has 0 radical (unpaired) electrons. The van der Waals surface area contributed by atoms with Crippen LogP contribution in [-0.2, 0) is 16.4 Å². The van der Waals surface area contributed by atoms with E-state index in [1.165, 1.54) is 16.4 Å². The number of aryl methyl sites for hydroxylation is 3. The molecule has 1 saturated heterocycles. The molecule has 4 rings (SSSR count). The van der Waals surface area contributed by atoms with Crippen molar-refractivity contribution in [2.75, 3.05) is 25.0 Å². The molecule has 2 aromatic heterocycles. The molecule has 0 spiro atoms. The number of hydrogen-bond donors (Lipinski definition) is 1. The largest absolute Gasteiger partial charge is 0.379 e. The number of nitrogens with zero attached hydrogens (tertiary/aromatic N) is 5. The van der Waals surface area contributed by atoms with E-state index in [1.807, 2.05) is 37.4 Å². The minimum atomic E-state index is -3.76. The van der Waals surface area contributed by atoms with E-state index in [4.69, 9.17) is 0 Å². The number of sulfonamides is 1. The predicted molar refractivity (Wildman–Crippen MR) is 130 cm³/mol. The third kappa shape index (κ3) is 5.05. The molecule has 34 heavy (non-hydrogen) atoms. The molecule has 1 aliphatic heterocycles. The maximum absolute atomic E-state index is 13.0. The lowest BCUT2D eigenvalue weighted by Gasteiger charge is -2.30. The van der Waals surface area contributed by atoms with Crippen LogP contribution in [0.15, 0.2) is 35.2 Å². The van der Waals surface area contributed by atoms with Crippen LogP contribution < -0.4 is 5.32 Å². The van der Waals surface area contributed by atoms with Gasteiger partial charge < -0.3 is 5.32 Å². The molecule has 1 atom stereocenters. The second kappa shape index (κ2) is 9.67. The minimum absolute atomic E-state index is 0.0401. The van der Waals surface area contributed by atoms with Crippen LogP contribution in [0.1, 0.15) is 43.3 Å². The van der Waals surface area contributed by atoms with Gasteiger partial charge in [0.05, 0.1) is 15.5 Å². The van der Waals surface area contributed by atoms with Crippen molar-refractivity contribution in [1.29, 1.82) is 0 Å². The highest BCUT2D eigenvalue weighted by Crippen LogP contribution is 2.30. The lowest BCUT2D eigenvalue weighted by atomic mass is 10.0. The number of piperidine rings is 1. The molecule has 3 heterocycles. The summed E-state index contributed by atoms with van der Waals surface area (Å²) in [5.41, 5.74) is 3.71. The topological polar surface area (TPSA) is 123 Å². The number of benzene rings is 1. The second-order valence-electron chi connectivity index (χ2n) is 9.02. The van der Waals surface area contributed by atoms with Crippen molar-refractivity contribution >= 4 is 27.0 Å². The van der Waals surface area contributed by atoms with Gasteiger partial charge >= 0.3 is 0 Å². The molecule has 1 aliphatic rings. The molecular formula is C23H30N6O4S. The van der Waals surface area contributed by atoms with Crippen LogP contribution in [0.5, 0.6) is 0 Å². The lowest BCUT2D eigenvalue weighted by molar-refractivity contribution is -0.384. The van der Waals surface area contributed by atoms with Gasteiger partial charge in [-0.2, -0.15) is 9.40 Å². The van der Waals surface area contributed by atoms with Crippen LogP contribution in [0, 0.1) is 29.9 Å². The van der Waals surface area contributed by atoms with Gasteiger partial charge in [-0.05, 0) is 63.6 Å². The highest BCUT2D eigenvalue weighted by molar-refractivity contribution is 7.89. The Morgan fingerprint density at radius 1 is 1.24 bits per heavy atom. The van der Waals surface area contributed by atoms with Crippen LogP contribution in [0.4, 0.5) is 11.4 Å². The van der Waals surface area contributed by atoms with Crippen molar-refractivity contribution < 1.29 is 13.3 Å². The summed E-state index contributed by atoms with van der Waals surface area (Å²) >= 11 is 0. The fourth-order valence-corrected chi connectivity index (χ4v) is 6.05. The van der Waals surface area contributed by atoms with Crippen molar-refractivity contribution in [3.05, 3.63) is 57.5 Å². The predicted octanol–water partition coefficient (Wildman–Crippen LogP) is 3.72. The summed E-state index contributed by atoms with van der Waals surface area (Å²) in [6.45, 7) is 7.30. The molecule has 1 N–H and O–H groups in total. The van der Waals surface area contributed by atoms with Gasteiger partial charge in [-0.1, -0.05) is 6.92 Å². The van der Waals surface area contributed by atoms with Crippen molar-refractivity contribution in [3.8, 4) is 0 Å². The summed E-state index contributed by atoms with van der Waals surface area (Å²) < 4.78 is 29.3. The average Bonchev–Trinajstić information content (AvgIpc) is 3.19. The number of hydrogen-bond acceptors (Lipinski definition) is 7. The van der Waals surface area contributed by atoms with Crippen molar-refractivity contribution in [2.24, 2.45) is 5.92 Å². The maximum Gasteiger partial charge on any atom is 0.293 e. The molecule has 0 saturated carbocycles. The molecule has 1 fully saturated rings. The van der Waals surface area contributed by atoms with Crippen LogP contribution in [0.25, 0.3) is 5.65 Å². The van der Waals surface area contributed by atoms with Gasteiger partial charge in [-0.15, -0.1) is 0 Å². The summed E-state index contributed by atoms with van der Waals surface area (Å²) in [6.07, 6.45) is 3.16. The first-order valence-electron chi connectivity index (χ1n) is 11.5. The first-order chi connectivity index (χ1) is 16.1. The van der Waals surface area contributed by atoms with E-state index in [0.717, 1.165) is 41.6 Å². The van der Waals surface area contributed by atoms with E-state index in [0.29, 0.717) is 38.2 Å². The van der Waals surface area contributed by atoms with E-state index in [9.17, 15) is 18.5 Å². The summed E-state index contributed by atoms with van der Waals surface area (Å²) in [6, 6.07) is 8.02. The average molecular weight is 487 g/mol. The Labute approximate surface area is 199 Å². The Morgan fingerprint density at radius 2 is 2.03 bits per heavy atom. The highest BCUT2D eigenvalue weighted by Gasteiger charge is 2.30. The van der Waals surface area contributed by atoms with Gasteiger partial charge in [-0.25, -0.2) is 17.9 Å². The fourth-order valence-electron chi connectivity index (χ4n) is 4.44. The van der Waals surface area contributed by atoms with Gasteiger partial charge in [-0.3, -0.25) is 10.1 Å². The quantitative estimate of drug-likeness (QED) is 0.292. The van der Waals surface area contributed by atoms with Crippen LogP contribution in [-0.4, -0.2) is 51.9 Å². The van der Waals surface area contributed by atoms with Gasteiger partial charge in [0.15, 0.2) is 5.65 Å². The fraction of sp³-hybridized carbons (Fsp3) is 0.478. The zero-order valence-corrected chi connectivity index (χ0v) is 20.5. The SMILES string of the molecule is Cc1cc(C)n2nc(CCCNc3ccc(S(=O)(=O)N4CCCC(C)C4)cc3[N+](=O)[O-])cc2n1. The number of fused-ring (bicyclic) bond motifs is 1. The highest BCUT2D eigenvalue weighted by atomic mass is 32.2. The van der Waals surface area contributed by atoms with E-state index >= 15 is 0 Å². The van der Waals surface area contributed by atoms with Crippen LogP contribution in [0.3, 0.4) is 0 Å². The van der Waals surface area contributed by atoms with Gasteiger partial charge in [0.25, 0.3) is 5.69 Å². The minimum Gasteiger partial charge on any atom is -0.379 e. The Hall–Kier alpha value is -3.05. The number of aromatic nitrogens is 3. The summed E-state index contributed by atoms with van der Waals surface area (Å²) in [5.74, 6) is 0.274. The molecule has 0 aliphatic carbocycles. The third-order valence-corrected chi connectivity index (χ3v) is 7.99. The summed E-state index contributed by atoms with van der Waals surface area (Å²) in [5, 5.41) is 19.3. The van der Waals surface area contributed by atoms with Gasteiger partial charge in [0.1, 0.15) is 5.69 Å². The van der Waals surface area contributed by atoms with Crippen LogP contribution in [0.2, 0.25) is 0 Å². The normalized spacial score (nSPS) is 17.2. The van der Waals surface area contributed by atoms with E-state index in [-0.39, 0.29) is 16.5 Å². The van der Waals surface area contributed by atoms with Crippen molar-refractivity contribution in [1.82, 2.24) is 18.9 Å². The van der Waals surface area contributed by atoms with E-state index < -0.39 is 14.9 Å². The van der Waals surface area contributed by atoms with Crippen molar-refractivity contribution in [2.45, 2.75) is 51.3 Å². The zero-order valence-electron chi connectivity index (χ0n) is 19.7. The van der Waals surface area contributed by atoms with Crippen LogP contribution >= 0.6 is 0 Å². The third-order valence-electron chi connectivity index (χ3n) is 6.13. The van der Waals surface area contributed by atoms with E-state index in [1.54, 1.807) is 0 Å². The van der Waals surface area contributed by atoms with Gasteiger partial charge in [0.2, 0.25) is 10.0 Å². The Kier molecular flexibility index (Phi) is 6.85. The second-order valence-corrected chi connectivity index (χ2v) is 11.0. The van der Waals surface area contributed by atoms with E-state index in [2.05, 4.69) is 15.4 Å². The summed E-state index contributed by atoms with van der Waals surface area (Å²) in [4.78, 5) is 15.6. The standard InChI is InChI=1S/C23H30N6O4S/c1-16-6-5-11-27(15-16)34(32,33)20-8-9-21(22(14-20)29(30)31)24-10-4-7-19-13-23-25-17(2)12-18(3)28(23)26-19/h8-9,12-14,16,24H,4-7,10-11,15H2,1-3H3. The molecule has 11 heteroatoms. The first-order valence-corrected chi connectivity index (χ1v) is 12.9. The number of nitrogens with one attached hydrogen (secondary N) is 1. The molecular weight excluding hydrogens is 456 g/mol. The molecule has 3 aromatic rings.